The molecule has 0 atom stereocenters. The molecular weight excluding hydrogens is 1140 g/mol. The molecule has 332 valence electrons. The summed E-state index contributed by atoms with van der Waals surface area (Å²) in [7, 11) is -30.5. The summed E-state index contributed by atoms with van der Waals surface area (Å²) in [6, 6.07) is 4.49. The smallest absolute Gasteiger partial charge is 0.726 e. The maximum absolute atomic E-state index is 13.7. The normalized spacial score (nSPS) is 13.2. The summed E-state index contributed by atoms with van der Waals surface area (Å²) >= 11 is 13.4. The van der Waals surface area contributed by atoms with E-state index < -0.39 is 160 Å². The number of hydrogen-bond acceptors (Lipinski definition) is 26. The van der Waals surface area contributed by atoms with E-state index in [0.717, 1.165) is 18.2 Å². The molecule has 2 heterocycles. The van der Waals surface area contributed by atoms with Crippen molar-refractivity contribution >= 4 is 113 Å². The Bertz CT molecular complexity index is 3110. The van der Waals surface area contributed by atoms with Crippen LogP contribution in [0, 0.1) is 0 Å². The van der Waals surface area contributed by atoms with E-state index >= 15 is 0 Å². The first kappa shape index (κ1) is 65.0. The third-order valence-electron chi connectivity index (χ3n) is 7.38. The summed E-state index contributed by atoms with van der Waals surface area (Å²) < 4.78 is 214. The summed E-state index contributed by atoms with van der Waals surface area (Å²) in [5.41, 5.74) is -1.90. The van der Waals surface area contributed by atoms with Gasteiger partial charge in [0.05, 0.1) is 61.2 Å². The maximum Gasteiger partial charge on any atom is 1.00 e. The molecule has 2 aromatic rings. The Hall–Kier alpha value is 2.97. The van der Waals surface area contributed by atoms with Crippen molar-refractivity contribution in [3.8, 4) is 23.0 Å². The molecule has 0 amide bonds. The second-order valence-corrected chi connectivity index (χ2v) is 20.5. The van der Waals surface area contributed by atoms with Crippen LogP contribution in [0.2, 0.25) is 10.0 Å². The fourth-order valence-corrected chi connectivity index (χ4v) is 9.87. The van der Waals surface area contributed by atoms with Gasteiger partial charge in [0.15, 0.2) is 42.5 Å². The van der Waals surface area contributed by atoms with E-state index in [1.54, 1.807) is 0 Å². The van der Waals surface area contributed by atoms with Gasteiger partial charge in [0, 0.05) is 6.54 Å². The number of fused-ring (bicyclic) bond motifs is 4. The average molecular weight is 1160 g/mol. The molecule has 0 spiro atoms. The van der Waals surface area contributed by atoms with Crippen molar-refractivity contribution in [3.63, 3.8) is 0 Å². The van der Waals surface area contributed by atoms with Crippen LogP contribution in [0.1, 0.15) is 0 Å². The molecule has 26 nitrogen and oxygen atoms in total. The predicted molar refractivity (Wildman–Crippen MR) is 196 cm³/mol. The van der Waals surface area contributed by atoms with Crippen LogP contribution in [0.5, 0.6) is 11.5 Å². The Morgan fingerprint density at radius 1 is 0.656 bits per heavy atom. The summed E-state index contributed by atoms with van der Waals surface area (Å²) in [4.78, 5) is 6.70. The molecule has 0 bridgehead atoms. The summed E-state index contributed by atoms with van der Waals surface area (Å²) in [6.07, 6.45) is 0. The Balaban J connectivity index is 0.00000512. The van der Waals surface area contributed by atoms with Gasteiger partial charge in [-0.3, -0.25) is 21.7 Å². The molecule has 38 heteroatoms. The number of halogens is 2. The Labute approximate surface area is 545 Å². The van der Waals surface area contributed by atoms with Gasteiger partial charge in [-0.25, -0.2) is 55.5 Å². The largest absolute Gasteiger partial charge is 1.00 e. The first-order valence-electron chi connectivity index (χ1n) is 15.6. The molecule has 2 N–H and O–H groups in total. The molecule has 0 unspecified atom stereocenters. The minimum Gasteiger partial charge on any atom is -0.726 e. The van der Waals surface area contributed by atoms with Crippen LogP contribution in [0.4, 0.5) is 17.1 Å². The number of sulfone groups is 2. The zero-order valence-electron chi connectivity index (χ0n) is 33.0. The van der Waals surface area contributed by atoms with Crippen LogP contribution < -0.4 is 226 Å². The number of benzene rings is 3. The SMILES string of the molecule is O=S(=O)([O-])OCCN=c1ccc2nc3c(Cl)c4c(c(Cl)c3oc-2c1S(=O)(=O)CCOS(=O)(=O)[O-])Nc1ccc(NCCOS(=O)(=O)[O-])c(S(=O)(=O)CCOS(=O)(=O)[O-])c1O4.[K+].[K+].[K+].[K+]. The molecule has 0 radical (unpaired) electrons. The van der Waals surface area contributed by atoms with E-state index in [1.165, 1.54) is 6.07 Å². The minimum atomic E-state index is -5.35. The third-order valence-corrected chi connectivity index (χ3v) is 13.4. The van der Waals surface area contributed by atoms with Gasteiger partial charge in [-0.2, -0.15) is 0 Å². The number of anilines is 3. The second kappa shape index (κ2) is 26.3. The van der Waals surface area contributed by atoms with Crippen molar-refractivity contribution in [3.05, 3.63) is 39.7 Å². The van der Waals surface area contributed by atoms with Gasteiger partial charge in [0.2, 0.25) is 41.6 Å². The molecule has 2 aromatic carbocycles. The number of hydrogen-bond donors (Lipinski definition) is 2. The van der Waals surface area contributed by atoms with Gasteiger partial charge in [0.1, 0.15) is 36.7 Å². The monoisotopic (exact) mass is 1160 g/mol. The molecular formula is C26H22Cl2K4N4O22S6. The van der Waals surface area contributed by atoms with Gasteiger partial charge in [-0.15, -0.1) is 0 Å². The number of nitrogens with zero attached hydrogens (tertiary/aromatic N) is 2. The van der Waals surface area contributed by atoms with Gasteiger partial charge < -0.3 is 38.0 Å². The topological polar surface area (TPSA) is 406 Å². The number of ether oxygens (including phenoxy) is 1. The molecule has 1 aliphatic carbocycles. The van der Waals surface area contributed by atoms with Crippen LogP contribution in [-0.2, 0) is 78.0 Å². The molecule has 5 rings (SSSR count). The maximum atomic E-state index is 13.7. The van der Waals surface area contributed by atoms with E-state index in [1.807, 2.05) is 0 Å². The number of nitrogens with one attached hydrogen (secondary N) is 2. The molecule has 0 saturated carbocycles. The van der Waals surface area contributed by atoms with Crippen LogP contribution in [-0.4, -0.2) is 125 Å². The third kappa shape index (κ3) is 18.2. The summed E-state index contributed by atoms with van der Waals surface area (Å²) in [6.45, 7) is -5.10. The standard InChI is InChI=1S/C26H26Cl2N4O22S6.4K/c27-17-19-23(53-21-13(31-19)1-3-15(29-5-7-49-57(37,38)39)25(21)55(33,34)11-9-51-59(43,44)45)18(28)20-24(17)54-22-14(32-20)2-4-16(30-6-8-50-58(40,41)42)26(22)56(35,36)12-10-52-60(46,47)48;;;;/h1-4,29,31H,5-12H2,(H,37,38,39)(H,40,41,42)(H,43,44,45)(H,46,47,48);;;;/q;4*+1/p-4. The second-order valence-electron chi connectivity index (χ2n) is 11.4. The van der Waals surface area contributed by atoms with Crippen molar-refractivity contribution in [1.29, 1.82) is 0 Å². The molecule has 2 aliphatic heterocycles. The van der Waals surface area contributed by atoms with Crippen molar-refractivity contribution in [2.24, 2.45) is 4.99 Å². The summed E-state index contributed by atoms with van der Waals surface area (Å²) in [5, 5.41) is 3.93. The Kier molecular flexibility index (Phi) is 26.7. The van der Waals surface area contributed by atoms with E-state index in [0.29, 0.717) is 0 Å². The first-order chi connectivity index (χ1) is 27.6. The molecule has 3 aliphatic rings. The first-order valence-corrected chi connectivity index (χ1v) is 25.0. The van der Waals surface area contributed by atoms with Crippen molar-refractivity contribution in [2.75, 3.05) is 61.7 Å². The molecule has 0 aromatic heterocycles. The number of rotatable bonds is 19. The Morgan fingerprint density at radius 2 is 1.17 bits per heavy atom. The average Bonchev–Trinajstić information content (AvgIpc) is 3.10. The molecule has 0 saturated heterocycles. The quantitative estimate of drug-likeness (QED) is 0.0255. The van der Waals surface area contributed by atoms with Gasteiger partial charge in [-0.1, -0.05) is 23.2 Å². The van der Waals surface area contributed by atoms with E-state index in [9.17, 15) is 68.7 Å². The van der Waals surface area contributed by atoms with Gasteiger partial charge in [0.25, 0.3) is 0 Å². The van der Waals surface area contributed by atoms with Crippen molar-refractivity contribution < 1.29 is 300 Å². The minimum absolute atomic E-state index is 0. The van der Waals surface area contributed by atoms with E-state index in [4.69, 9.17) is 32.4 Å². The van der Waals surface area contributed by atoms with E-state index in [2.05, 4.69) is 37.3 Å². The zero-order chi connectivity index (χ0) is 44.6. The Morgan fingerprint density at radius 3 is 1.72 bits per heavy atom. The molecule has 64 heavy (non-hydrogen) atoms. The van der Waals surface area contributed by atoms with Crippen molar-refractivity contribution in [2.45, 2.75) is 9.79 Å². The van der Waals surface area contributed by atoms with E-state index in [-0.39, 0.29) is 234 Å². The fourth-order valence-electron chi connectivity index (χ4n) is 5.19. The number of aromatic nitrogens is 1. The summed E-state index contributed by atoms with van der Waals surface area (Å²) in [5.74, 6) is -3.91. The van der Waals surface area contributed by atoms with Crippen molar-refractivity contribution in [1.82, 2.24) is 4.98 Å². The van der Waals surface area contributed by atoms with Crippen LogP contribution in [0.15, 0.2) is 43.5 Å². The predicted octanol–water partition coefficient (Wildman–Crippen LogP) is -12.1. The van der Waals surface area contributed by atoms with Crippen LogP contribution in [0.3, 0.4) is 0 Å². The van der Waals surface area contributed by atoms with Gasteiger partial charge >= 0.3 is 206 Å². The van der Waals surface area contributed by atoms with Crippen LogP contribution in [0.25, 0.3) is 22.6 Å². The van der Waals surface area contributed by atoms with Gasteiger partial charge in [-0.05, 0) is 24.3 Å². The zero-order valence-corrected chi connectivity index (χ0v) is 52.0. The van der Waals surface area contributed by atoms with Crippen LogP contribution >= 0.6 is 23.2 Å². The fraction of sp³-hybridized carbons (Fsp3) is 0.308. The molecule has 0 fully saturated rings.